The van der Waals surface area contributed by atoms with E-state index >= 15 is 0 Å². The van der Waals surface area contributed by atoms with Gasteiger partial charge in [0.25, 0.3) is 0 Å². The Morgan fingerprint density at radius 3 is 2.56 bits per heavy atom. The van der Waals surface area contributed by atoms with Crippen LogP contribution in [0.5, 0.6) is 11.5 Å². The predicted molar refractivity (Wildman–Crippen MR) is 149 cm³/mol. The molecule has 0 aromatic heterocycles. The van der Waals surface area contributed by atoms with Crippen molar-refractivity contribution >= 4 is 23.9 Å². The van der Waals surface area contributed by atoms with Gasteiger partial charge in [0.1, 0.15) is 5.76 Å². The molecule has 2 bridgehead atoms. The van der Waals surface area contributed by atoms with E-state index in [2.05, 4.69) is 4.90 Å². The Morgan fingerprint density at radius 2 is 1.88 bits per heavy atom. The highest BCUT2D eigenvalue weighted by molar-refractivity contribution is 5.85. The molecule has 43 heavy (non-hydrogen) atoms. The lowest BCUT2D eigenvalue weighted by Gasteiger charge is -2.61. The van der Waals surface area contributed by atoms with Crippen LogP contribution in [0, 0.1) is 5.92 Å². The molecule has 234 valence electrons. The molecule has 1 fully saturated rings. The Hall–Kier alpha value is -3.64. The average molecular weight is 602 g/mol. The van der Waals surface area contributed by atoms with Crippen LogP contribution in [-0.4, -0.2) is 91.1 Å². The molecule has 2 heterocycles. The second kappa shape index (κ2) is 11.5. The third-order valence-electron chi connectivity index (χ3n) is 8.90. The molecule has 6 atom stereocenters. The van der Waals surface area contributed by atoms with E-state index in [0.717, 1.165) is 18.1 Å². The SMILES string of the molecule is COc1ccc2c3c1O[C@H]1C(OC(=O)[C@H](C)OC(=O)C[C@H](OC(C)=O)C(=O)OCC(C)C)=CC[C@@]4(O)[C@@H](C2)N(C)CC[C@]314. The van der Waals surface area contributed by atoms with E-state index in [4.69, 9.17) is 28.4 Å². The zero-order chi connectivity index (χ0) is 31.3. The number of likely N-dealkylation sites (tertiary alicyclic amines) is 1. The third kappa shape index (κ3) is 5.14. The fraction of sp³-hybridized carbons (Fsp3) is 0.613. The molecule has 0 unspecified atom stereocenters. The van der Waals surface area contributed by atoms with Crippen molar-refractivity contribution in [3.05, 3.63) is 35.1 Å². The van der Waals surface area contributed by atoms with Crippen LogP contribution in [0.15, 0.2) is 24.0 Å². The number of aliphatic hydroxyl groups is 1. The first-order chi connectivity index (χ1) is 20.3. The molecule has 2 aliphatic carbocycles. The summed E-state index contributed by atoms with van der Waals surface area (Å²) in [6, 6.07) is 3.69. The number of hydrogen-bond acceptors (Lipinski definition) is 12. The van der Waals surface area contributed by atoms with Gasteiger partial charge in [0, 0.05) is 24.9 Å². The van der Waals surface area contributed by atoms with Gasteiger partial charge in [0.2, 0.25) is 6.10 Å². The molecule has 4 aliphatic rings. The van der Waals surface area contributed by atoms with Crippen LogP contribution in [0.25, 0.3) is 0 Å². The third-order valence-corrected chi connectivity index (χ3v) is 8.90. The van der Waals surface area contributed by atoms with Crippen LogP contribution in [0.3, 0.4) is 0 Å². The molecule has 5 rings (SSSR count). The molecule has 1 aromatic carbocycles. The van der Waals surface area contributed by atoms with Gasteiger partial charge in [-0.1, -0.05) is 19.9 Å². The van der Waals surface area contributed by atoms with Gasteiger partial charge in [-0.3, -0.25) is 9.59 Å². The van der Waals surface area contributed by atoms with E-state index in [1.54, 1.807) is 13.2 Å². The van der Waals surface area contributed by atoms with Crippen molar-refractivity contribution in [1.82, 2.24) is 4.90 Å². The maximum Gasteiger partial charge on any atom is 0.352 e. The molecule has 0 radical (unpaired) electrons. The summed E-state index contributed by atoms with van der Waals surface area (Å²) in [7, 11) is 3.55. The highest BCUT2D eigenvalue weighted by Crippen LogP contribution is 2.65. The Morgan fingerprint density at radius 1 is 1.14 bits per heavy atom. The van der Waals surface area contributed by atoms with Crippen molar-refractivity contribution in [3.63, 3.8) is 0 Å². The number of likely N-dealkylation sites (N-methyl/N-ethyl adjacent to an activating group) is 1. The average Bonchev–Trinajstić information content (AvgIpc) is 3.30. The number of carbonyl (C=O) groups is 4. The smallest absolute Gasteiger partial charge is 0.352 e. The zero-order valence-corrected chi connectivity index (χ0v) is 25.3. The molecule has 1 N–H and O–H groups in total. The summed E-state index contributed by atoms with van der Waals surface area (Å²) in [4.78, 5) is 51.9. The van der Waals surface area contributed by atoms with Crippen LogP contribution >= 0.6 is 0 Å². The lowest BCUT2D eigenvalue weighted by Crippen LogP contribution is -2.74. The Balaban J connectivity index is 1.32. The van der Waals surface area contributed by atoms with Gasteiger partial charge in [-0.05, 0) is 57.0 Å². The molecule has 1 spiro atoms. The van der Waals surface area contributed by atoms with Gasteiger partial charge < -0.3 is 38.4 Å². The van der Waals surface area contributed by atoms with Crippen molar-refractivity contribution in [3.8, 4) is 11.5 Å². The quantitative estimate of drug-likeness (QED) is 0.309. The van der Waals surface area contributed by atoms with E-state index in [9.17, 15) is 24.3 Å². The Kier molecular flexibility index (Phi) is 8.21. The highest BCUT2D eigenvalue weighted by Gasteiger charge is 2.72. The number of methoxy groups -OCH3 is 1. The van der Waals surface area contributed by atoms with Crippen LogP contribution in [0.2, 0.25) is 0 Å². The zero-order valence-electron chi connectivity index (χ0n) is 25.3. The van der Waals surface area contributed by atoms with E-state index in [1.165, 1.54) is 6.92 Å². The number of nitrogens with zero attached hydrogens (tertiary/aromatic N) is 1. The van der Waals surface area contributed by atoms with Crippen LogP contribution in [0.1, 0.15) is 58.1 Å². The normalized spacial score (nSPS) is 28.0. The van der Waals surface area contributed by atoms with Gasteiger partial charge in [-0.2, -0.15) is 0 Å². The fourth-order valence-corrected chi connectivity index (χ4v) is 6.95. The standard InChI is InChI=1S/C31H39NO11/c1-16(2)15-39-29(36)22(41-18(4)33)14-24(34)40-17(3)28(35)42-21-9-10-31(37)23-13-19-7-8-20(38-6)26-25(19)30(31,27(21)43-26)11-12-32(23)5/h7-9,16-17,22-23,27,37H,10-15H2,1-6H3/t17-,22-,23+,27-,30-,31+/m0/s1. The number of benzene rings is 1. The molecule has 12 nitrogen and oxygen atoms in total. The fourth-order valence-electron chi connectivity index (χ4n) is 6.95. The monoisotopic (exact) mass is 601 g/mol. The van der Waals surface area contributed by atoms with Crippen molar-refractivity contribution in [2.45, 2.75) is 88.7 Å². The van der Waals surface area contributed by atoms with Crippen molar-refractivity contribution in [2.24, 2.45) is 5.92 Å². The Labute approximate surface area is 250 Å². The van der Waals surface area contributed by atoms with E-state index in [0.29, 0.717) is 30.9 Å². The Bertz CT molecular complexity index is 1360. The molecule has 2 aliphatic heterocycles. The number of ether oxygens (including phenoxy) is 6. The first-order valence-electron chi connectivity index (χ1n) is 14.6. The second-order valence-electron chi connectivity index (χ2n) is 12.2. The minimum Gasteiger partial charge on any atom is -0.493 e. The summed E-state index contributed by atoms with van der Waals surface area (Å²) >= 11 is 0. The summed E-state index contributed by atoms with van der Waals surface area (Å²) in [5.74, 6) is -2.14. The maximum atomic E-state index is 13.2. The molecular formula is C31H39NO11. The minimum atomic E-state index is -1.51. The number of esters is 4. The van der Waals surface area contributed by atoms with Gasteiger partial charge in [0.05, 0.1) is 31.2 Å². The lowest BCUT2D eigenvalue weighted by atomic mass is 9.50. The van der Waals surface area contributed by atoms with Crippen molar-refractivity contribution in [2.75, 3.05) is 27.3 Å². The molecule has 0 saturated carbocycles. The molecule has 1 saturated heterocycles. The lowest BCUT2D eigenvalue weighted by molar-refractivity contribution is -0.178. The molecule has 0 amide bonds. The van der Waals surface area contributed by atoms with Gasteiger partial charge >= 0.3 is 23.9 Å². The first kappa shape index (κ1) is 30.8. The molecule has 12 heteroatoms. The maximum absolute atomic E-state index is 13.2. The first-order valence-corrected chi connectivity index (χ1v) is 14.6. The van der Waals surface area contributed by atoms with Crippen LogP contribution in [0.4, 0.5) is 0 Å². The van der Waals surface area contributed by atoms with Gasteiger partial charge in [0.15, 0.2) is 23.7 Å². The van der Waals surface area contributed by atoms with Gasteiger partial charge in [-0.15, -0.1) is 0 Å². The number of piperidine rings is 1. The summed E-state index contributed by atoms with van der Waals surface area (Å²) in [5.41, 5.74) is -0.0760. The van der Waals surface area contributed by atoms with Crippen molar-refractivity contribution in [1.29, 1.82) is 0 Å². The molecular weight excluding hydrogens is 562 g/mol. The van der Waals surface area contributed by atoms with E-state index < -0.39 is 59.6 Å². The van der Waals surface area contributed by atoms with Crippen LogP contribution < -0.4 is 9.47 Å². The number of carbonyl (C=O) groups excluding carboxylic acids is 4. The van der Waals surface area contributed by atoms with E-state index in [-0.39, 0.29) is 30.7 Å². The van der Waals surface area contributed by atoms with Crippen LogP contribution in [-0.2, 0) is 50.0 Å². The molecule has 1 aromatic rings. The largest absolute Gasteiger partial charge is 0.493 e. The number of rotatable bonds is 10. The summed E-state index contributed by atoms with van der Waals surface area (Å²) < 4.78 is 33.2. The summed E-state index contributed by atoms with van der Waals surface area (Å²) in [6.45, 7) is 6.91. The van der Waals surface area contributed by atoms with Crippen molar-refractivity contribution < 1.29 is 52.7 Å². The predicted octanol–water partition coefficient (Wildman–Crippen LogP) is 1.97. The highest BCUT2D eigenvalue weighted by atomic mass is 16.6. The van der Waals surface area contributed by atoms with Gasteiger partial charge in [-0.25, -0.2) is 9.59 Å². The summed E-state index contributed by atoms with van der Waals surface area (Å²) in [6.07, 6.45) is -1.19. The minimum absolute atomic E-state index is 0.0339. The second-order valence-corrected chi connectivity index (χ2v) is 12.2. The topological polar surface area (TPSA) is 147 Å². The van der Waals surface area contributed by atoms with E-state index in [1.807, 2.05) is 33.0 Å². The number of hydrogen-bond donors (Lipinski definition) is 1. The summed E-state index contributed by atoms with van der Waals surface area (Å²) in [5, 5.41) is 12.3.